The maximum absolute atomic E-state index is 12.4. The molecule has 7 heteroatoms. The molecule has 0 aliphatic carbocycles. The highest BCUT2D eigenvalue weighted by molar-refractivity contribution is 9.10. The number of nitrogens with two attached hydrogens (primary N) is 1. The summed E-state index contributed by atoms with van der Waals surface area (Å²) in [5, 5.41) is 9.21. The molecule has 5 nitrogen and oxygen atoms in total. The topological polar surface area (TPSA) is 83.6 Å². The number of rotatable bonds is 3. The average molecular weight is 335 g/mol. The normalized spacial score (nSPS) is 21.3. The van der Waals surface area contributed by atoms with Crippen LogP contribution in [0.5, 0.6) is 0 Å². The minimum atomic E-state index is -3.57. The smallest absolute Gasteiger partial charge is 0.243 e. The first-order valence-corrected chi connectivity index (χ1v) is 7.88. The molecule has 1 aromatic carbocycles. The number of nitrogen functional groups attached to an aromatic ring is 1. The second-order valence-corrected chi connectivity index (χ2v) is 7.02. The van der Waals surface area contributed by atoms with Crippen molar-refractivity contribution in [2.24, 2.45) is 0 Å². The van der Waals surface area contributed by atoms with Gasteiger partial charge in [0.25, 0.3) is 0 Å². The van der Waals surface area contributed by atoms with Crippen LogP contribution in [0, 0.1) is 0 Å². The summed E-state index contributed by atoms with van der Waals surface area (Å²) in [5.74, 6) is 0. The third-order valence-electron chi connectivity index (χ3n) is 3.11. The van der Waals surface area contributed by atoms with E-state index < -0.39 is 10.0 Å². The van der Waals surface area contributed by atoms with E-state index in [0.29, 0.717) is 23.1 Å². The number of nitrogens with zero attached hydrogens (tertiary/aromatic N) is 1. The molecule has 0 radical (unpaired) electrons. The molecule has 1 aliphatic rings. The van der Waals surface area contributed by atoms with Gasteiger partial charge in [-0.05, 0) is 47.0 Å². The highest BCUT2D eigenvalue weighted by Gasteiger charge is 2.34. The van der Waals surface area contributed by atoms with Crippen LogP contribution in [0.1, 0.15) is 12.8 Å². The zero-order valence-corrected chi connectivity index (χ0v) is 12.1. The van der Waals surface area contributed by atoms with E-state index in [1.165, 1.54) is 16.4 Å². The molecule has 1 unspecified atom stereocenters. The molecule has 1 atom stereocenters. The molecule has 1 heterocycles. The van der Waals surface area contributed by atoms with Crippen molar-refractivity contribution >= 4 is 31.6 Å². The van der Waals surface area contributed by atoms with Gasteiger partial charge in [-0.3, -0.25) is 0 Å². The number of anilines is 1. The molecule has 2 rings (SSSR count). The second-order valence-electron chi connectivity index (χ2n) is 4.28. The minimum absolute atomic E-state index is 0.148. The molecule has 0 spiro atoms. The first-order chi connectivity index (χ1) is 8.46. The van der Waals surface area contributed by atoms with Gasteiger partial charge >= 0.3 is 0 Å². The SMILES string of the molecule is Nc1cc(S(=O)(=O)N2CCCC2CO)ccc1Br. The molecule has 0 saturated carbocycles. The molecule has 100 valence electrons. The molecule has 1 aromatic rings. The van der Waals surface area contributed by atoms with Gasteiger partial charge in [0.15, 0.2) is 0 Å². The van der Waals surface area contributed by atoms with E-state index in [9.17, 15) is 13.5 Å². The first-order valence-electron chi connectivity index (χ1n) is 5.64. The lowest BCUT2D eigenvalue weighted by Gasteiger charge is -2.22. The van der Waals surface area contributed by atoms with Gasteiger partial charge < -0.3 is 10.8 Å². The van der Waals surface area contributed by atoms with Crippen molar-refractivity contribution in [1.82, 2.24) is 4.31 Å². The van der Waals surface area contributed by atoms with Crippen LogP contribution in [0.4, 0.5) is 5.69 Å². The Kier molecular flexibility index (Phi) is 3.96. The zero-order valence-electron chi connectivity index (χ0n) is 9.71. The summed E-state index contributed by atoms with van der Waals surface area (Å²) >= 11 is 3.23. The summed E-state index contributed by atoms with van der Waals surface area (Å²) < 4.78 is 26.8. The number of aliphatic hydroxyl groups excluding tert-OH is 1. The number of hydrogen-bond acceptors (Lipinski definition) is 4. The summed E-state index contributed by atoms with van der Waals surface area (Å²) in [6.07, 6.45) is 1.47. The Morgan fingerprint density at radius 2 is 2.22 bits per heavy atom. The molecule has 3 N–H and O–H groups in total. The van der Waals surface area contributed by atoms with E-state index in [1.54, 1.807) is 6.07 Å². The lowest BCUT2D eigenvalue weighted by atomic mass is 10.2. The Hall–Kier alpha value is -0.630. The maximum Gasteiger partial charge on any atom is 0.243 e. The molecule has 1 saturated heterocycles. The number of benzene rings is 1. The standard InChI is InChI=1S/C11H15BrN2O3S/c12-10-4-3-9(6-11(10)13)18(16,17)14-5-1-2-8(14)7-15/h3-4,6,8,15H,1-2,5,7,13H2. The van der Waals surface area contributed by atoms with Gasteiger partial charge in [0.05, 0.1) is 11.5 Å². The third kappa shape index (κ3) is 2.40. The third-order valence-corrected chi connectivity index (χ3v) is 5.78. The van der Waals surface area contributed by atoms with Crippen molar-refractivity contribution in [3.05, 3.63) is 22.7 Å². The van der Waals surface area contributed by atoms with Crippen LogP contribution >= 0.6 is 15.9 Å². The maximum atomic E-state index is 12.4. The fourth-order valence-electron chi connectivity index (χ4n) is 2.13. The van der Waals surface area contributed by atoms with Crippen LogP contribution < -0.4 is 5.73 Å². The fraction of sp³-hybridized carbons (Fsp3) is 0.455. The van der Waals surface area contributed by atoms with E-state index in [-0.39, 0.29) is 17.5 Å². The summed E-state index contributed by atoms with van der Waals surface area (Å²) in [6.45, 7) is 0.300. The van der Waals surface area contributed by atoms with E-state index in [0.717, 1.165) is 6.42 Å². The van der Waals surface area contributed by atoms with E-state index in [1.807, 2.05) is 0 Å². The highest BCUT2D eigenvalue weighted by Crippen LogP contribution is 2.29. The predicted molar refractivity (Wildman–Crippen MR) is 72.6 cm³/mol. The van der Waals surface area contributed by atoms with Crippen LogP contribution in [0.3, 0.4) is 0 Å². The van der Waals surface area contributed by atoms with Crippen LogP contribution in [-0.2, 0) is 10.0 Å². The lowest BCUT2D eigenvalue weighted by molar-refractivity contribution is 0.213. The summed E-state index contributed by atoms with van der Waals surface area (Å²) in [6, 6.07) is 4.25. The van der Waals surface area contributed by atoms with Crippen molar-refractivity contribution in [3.8, 4) is 0 Å². The van der Waals surface area contributed by atoms with Crippen molar-refractivity contribution in [3.63, 3.8) is 0 Å². The largest absolute Gasteiger partial charge is 0.398 e. The van der Waals surface area contributed by atoms with E-state index >= 15 is 0 Å². The molecule has 0 amide bonds. The van der Waals surface area contributed by atoms with Gasteiger partial charge in [-0.2, -0.15) is 4.31 Å². The lowest BCUT2D eigenvalue weighted by Crippen LogP contribution is -2.37. The van der Waals surface area contributed by atoms with Crippen molar-refractivity contribution in [2.45, 2.75) is 23.8 Å². The number of sulfonamides is 1. The van der Waals surface area contributed by atoms with Crippen LogP contribution in [-0.4, -0.2) is 37.0 Å². The fourth-order valence-corrected chi connectivity index (χ4v) is 4.09. The van der Waals surface area contributed by atoms with Gasteiger partial charge in [0.1, 0.15) is 0 Å². The van der Waals surface area contributed by atoms with Gasteiger partial charge in [0.2, 0.25) is 10.0 Å². The van der Waals surface area contributed by atoms with Gasteiger partial charge in [-0.1, -0.05) is 0 Å². The number of hydrogen-bond donors (Lipinski definition) is 2. The summed E-state index contributed by atoms with van der Waals surface area (Å²) in [7, 11) is -3.57. The van der Waals surface area contributed by atoms with Crippen LogP contribution in [0.25, 0.3) is 0 Å². The second kappa shape index (κ2) is 5.16. The molecular weight excluding hydrogens is 320 g/mol. The zero-order chi connectivity index (χ0) is 13.3. The minimum Gasteiger partial charge on any atom is -0.398 e. The summed E-state index contributed by atoms with van der Waals surface area (Å²) in [5.41, 5.74) is 6.09. The van der Waals surface area contributed by atoms with E-state index in [4.69, 9.17) is 5.73 Å². The van der Waals surface area contributed by atoms with Crippen molar-refractivity contribution in [1.29, 1.82) is 0 Å². The Balaban J connectivity index is 2.38. The Morgan fingerprint density at radius 1 is 1.50 bits per heavy atom. The molecule has 1 fully saturated rings. The van der Waals surface area contributed by atoms with Gasteiger partial charge in [0, 0.05) is 22.7 Å². The van der Waals surface area contributed by atoms with E-state index in [2.05, 4.69) is 15.9 Å². The Labute approximate surface area is 115 Å². The molecular formula is C11H15BrN2O3S. The summed E-state index contributed by atoms with van der Waals surface area (Å²) in [4.78, 5) is 0.170. The van der Waals surface area contributed by atoms with Crippen LogP contribution in [0.15, 0.2) is 27.6 Å². The van der Waals surface area contributed by atoms with Gasteiger partial charge in [-0.15, -0.1) is 0 Å². The quantitative estimate of drug-likeness (QED) is 0.813. The molecule has 18 heavy (non-hydrogen) atoms. The number of aliphatic hydroxyl groups is 1. The highest BCUT2D eigenvalue weighted by atomic mass is 79.9. The van der Waals surface area contributed by atoms with Crippen molar-refractivity contribution < 1.29 is 13.5 Å². The number of halogens is 1. The first kappa shape index (κ1) is 13.8. The Bertz CT molecular complexity index is 547. The predicted octanol–water partition coefficient (Wildman–Crippen LogP) is 1.18. The Morgan fingerprint density at radius 3 is 2.83 bits per heavy atom. The molecule has 0 aromatic heterocycles. The van der Waals surface area contributed by atoms with Gasteiger partial charge in [-0.25, -0.2) is 8.42 Å². The average Bonchev–Trinajstić information content (AvgIpc) is 2.81. The van der Waals surface area contributed by atoms with Crippen LogP contribution in [0.2, 0.25) is 0 Å². The van der Waals surface area contributed by atoms with Crippen molar-refractivity contribution in [2.75, 3.05) is 18.9 Å². The molecule has 1 aliphatic heterocycles. The monoisotopic (exact) mass is 334 g/mol. The molecule has 0 bridgehead atoms.